The van der Waals surface area contributed by atoms with Gasteiger partial charge < -0.3 is 10.2 Å². The Hall–Kier alpha value is -3.81. The summed E-state index contributed by atoms with van der Waals surface area (Å²) in [7, 11) is 0. The van der Waals surface area contributed by atoms with E-state index in [1.807, 2.05) is 42.5 Å². The van der Waals surface area contributed by atoms with Crippen LogP contribution in [0.5, 0.6) is 0 Å². The van der Waals surface area contributed by atoms with Gasteiger partial charge in [0.2, 0.25) is 11.8 Å². The summed E-state index contributed by atoms with van der Waals surface area (Å²) < 4.78 is 1.51. The molecule has 0 bridgehead atoms. The Balaban J connectivity index is 1.53. The lowest BCUT2D eigenvalue weighted by molar-refractivity contribution is -0.129. The van der Waals surface area contributed by atoms with E-state index in [0.29, 0.717) is 5.69 Å². The summed E-state index contributed by atoms with van der Waals surface area (Å²) in [6, 6.07) is 14.7. The molecule has 1 atom stereocenters. The minimum absolute atomic E-state index is 0.107. The van der Waals surface area contributed by atoms with Crippen molar-refractivity contribution < 1.29 is 9.59 Å². The van der Waals surface area contributed by atoms with E-state index in [4.69, 9.17) is 0 Å². The van der Waals surface area contributed by atoms with E-state index in [-0.39, 0.29) is 24.3 Å². The largest absolute Gasteiger partial charge is 0.326 e. The molecule has 0 spiro atoms. The first kappa shape index (κ1) is 17.6. The fourth-order valence-corrected chi connectivity index (χ4v) is 3.31. The van der Waals surface area contributed by atoms with Crippen LogP contribution in [0.4, 0.5) is 5.69 Å². The number of amides is 2. The summed E-state index contributed by atoms with van der Waals surface area (Å²) >= 11 is 0. The topological polar surface area (TPSA) is 93.0 Å². The smallest absolute Gasteiger partial charge is 0.226 e. The van der Waals surface area contributed by atoms with E-state index in [9.17, 15) is 9.59 Å². The number of hydrogen-bond donors (Lipinski definition) is 1. The number of aromatic nitrogens is 4. The molecule has 1 aliphatic rings. The summed E-state index contributed by atoms with van der Waals surface area (Å²) in [5, 5.41) is 14.0. The van der Waals surface area contributed by atoms with Crippen molar-refractivity contribution in [1.82, 2.24) is 25.1 Å². The highest BCUT2D eigenvalue weighted by Crippen LogP contribution is 2.33. The zero-order chi connectivity index (χ0) is 19.5. The molecule has 0 saturated heterocycles. The zero-order valence-electron chi connectivity index (χ0n) is 15.2. The molecular formula is C20H18N6O2. The van der Waals surface area contributed by atoms with Gasteiger partial charge in [-0.1, -0.05) is 30.3 Å². The van der Waals surface area contributed by atoms with Gasteiger partial charge in [-0.25, -0.2) is 4.68 Å². The molecular weight excluding hydrogens is 356 g/mol. The fourth-order valence-electron chi connectivity index (χ4n) is 3.31. The monoisotopic (exact) mass is 374 g/mol. The van der Waals surface area contributed by atoms with Crippen LogP contribution in [0.2, 0.25) is 0 Å². The van der Waals surface area contributed by atoms with Crippen molar-refractivity contribution in [1.29, 1.82) is 0 Å². The van der Waals surface area contributed by atoms with E-state index in [2.05, 4.69) is 20.8 Å². The lowest BCUT2D eigenvalue weighted by Crippen LogP contribution is -2.33. The molecule has 0 fully saturated rings. The molecule has 0 unspecified atom stereocenters. The average Bonchev–Trinajstić information content (AvgIpc) is 3.23. The van der Waals surface area contributed by atoms with Gasteiger partial charge in [0.25, 0.3) is 0 Å². The van der Waals surface area contributed by atoms with Gasteiger partial charge >= 0.3 is 0 Å². The quantitative estimate of drug-likeness (QED) is 0.758. The van der Waals surface area contributed by atoms with E-state index in [0.717, 1.165) is 16.8 Å². The molecule has 3 aromatic rings. The molecule has 8 nitrogen and oxygen atoms in total. The first-order chi connectivity index (χ1) is 13.6. The lowest BCUT2D eigenvalue weighted by atomic mass is 9.93. The Bertz CT molecular complexity index is 1040. The molecule has 8 heteroatoms. The van der Waals surface area contributed by atoms with Crippen LogP contribution < -0.4 is 5.32 Å². The van der Waals surface area contributed by atoms with Crippen LogP contribution >= 0.6 is 0 Å². The molecule has 4 rings (SSSR count). The van der Waals surface area contributed by atoms with E-state index >= 15 is 0 Å². The third-order valence-electron chi connectivity index (χ3n) is 4.59. The van der Waals surface area contributed by atoms with Gasteiger partial charge in [-0.3, -0.25) is 9.59 Å². The molecule has 2 amide bonds. The number of benzene rings is 2. The van der Waals surface area contributed by atoms with Crippen LogP contribution in [-0.2, 0) is 9.59 Å². The van der Waals surface area contributed by atoms with Gasteiger partial charge in [0, 0.05) is 18.8 Å². The molecule has 1 N–H and O–H groups in total. The van der Waals surface area contributed by atoms with Gasteiger partial charge in [-0.15, -0.1) is 5.10 Å². The maximum atomic E-state index is 12.7. The van der Waals surface area contributed by atoms with Crippen LogP contribution in [0.1, 0.15) is 30.5 Å². The van der Waals surface area contributed by atoms with Crippen molar-refractivity contribution in [2.24, 2.45) is 0 Å². The fraction of sp³-hybridized carbons (Fsp3) is 0.150. The second-order valence-electron chi connectivity index (χ2n) is 6.44. The second kappa shape index (κ2) is 7.43. The Morgan fingerprint density at radius 1 is 1.14 bits per heavy atom. The van der Waals surface area contributed by atoms with Crippen LogP contribution in [0, 0.1) is 0 Å². The predicted molar refractivity (Wildman–Crippen MR) is 103 cm³/mol. The third kappa shape index (κ3) is 3.52. The second-order valence-corrected chi connectivity index (χ2v) is 6.44. The van der Waals surface area contributed by atoms with Gasteiger partial charge in [0.05, 0.1) is 18.2 Å². The maximum absolute atomic E-state index is 12.7. The molecule has 0 radical (unpaired) electrons. The number of tetrazole rings is 1. The van der Waals surface area contributed by atoms with E-state index in [1.165, 1.54) is 17.9 Å². The number of fused-ring (bicyclic) bond motifs is 1. The van der Waals surface area contributed by atoms with E-state index in [1.54, 1.807) is 23.2 Å². The minimum Gasteiger partial charge on any atom is -0.326 e. The molecule has 0 aliphatic carbocycles. The SMILES string of the molecule is CC(=O)N1C=Cc2ccccc2[C@@H]1CC(=O)Nc1cccc(-n2cnnn2)c1. The Kier molecular flexibility index (Phi) is 4.67. The number of carbonyl (C=O) groups is 2. The Morgan fingerprint density at radius 2 is 2.00 bits per heavy atom. The predicted octanol–water partition coefficient (Wildman–Crippen LogP) is 2.57. The van der Waals surface area contributed by atoms with Gasteiger partial charge in [-0.05, 0) is 45.8 Å². The van der Waals surface area contributed by atoms with Crippen LogP contribution in [0.15, 0.2) is 61.1 Å². The number of nitrogens with zero attached hydrogens (tertiary/aromatic N) is 5. The number of nitrogens with one attached hydrogen (secondary N) is 1. The summed E-state index contributed by atoms with van der Waals surface area (Å²) in [5.74, 6) is -0.292. The lowest BCUT2D eigenvalue weighted by Gasteiger charge is -2.32. The van der Waals surface area contributed by atoms with Crippen molar-refractivity contribution in [3.63, 3.8) is 0 Å². The third-order valence-corrected chi connectivity index (χ3v) is 4.59. The van der Waals surface area contributed by atoms with Gasteiger partial charge in [0.1, 0.15) is 6.33 Å². The Labute approximate surface area is 161 Å². The maximum Gasteiger partial charge on any atom is 0.226 e. The zero-order valence-corrected chi connectivity index (χ0v) is 15.2. The van der Waals surface area contributed by atoms with Crippen molar-refractivity contribution in [2.75, 3.05) is 5.32 Å². The first-order valence-electron chi connectivity index (χ1n) is 8.81. The van der Waals surface area contributed by atoms with Crippen molar-refractivity contribution in [3.8, 4) is 5.69 Å². The summed E-state index contributed by atoms with van der Waals surface area (Å²) in [6.45, 7) is 1.50. The molecule has 28 heavy (non-hydrogen) atoms. The highest BCUT2D eigenvalue weighted by Gasteiger charge is 2.28. The summed E-state index contributed by atoms with van der Waals surface area (Å²) in [4.78, 5) is 26.4. The highest BCUT2D eigenvalue weighted by molar-refractivity contribution is 5.92. The molecule has 140 valence electrons. The first-order valence-corrected chi connectivity index (χ1v) is 8.81. The van der Waals surface area contributed by atoms with Crippen LogP contribution in [0.3, 0.4) is 0 Å². The Morgan fingerprint density at radius 3 is 2.79 bits per heavy atom. The summed E-state index contributed by atoms with van der Waals surface area (Å²) in [6.07, 6.45) is 5.26. The average molecular weight is 374 g/mol. The van der Waals surface area contributed by atoms with Crippen molar-refractivity contribution >= 4 is 23.6 Å². The number of hydrogen-bond acceptors (Lipinski definition) is 5. The van der Waals surface area contributed by atoms with Crippen LogP contribution in [-0.4, -0.2) is 36.9 Å². The standard InChI is InChI=1S/C20H18N6O2/c1-14(27)25-10-9-15-5-2-3-8-18(15)19(25)12-20(28)22-16-6-4-7-17(11-16)26-13-21-23-24-26/h2-11,13,19H,12H2,1H3,(H,22,28)/t19-/m0/s1. The van der Waals surface area contributed by atoms with Gasteiger partial charge in [0.15, 0.2) is 0 Å². The van der Waals surface area contributed by atoms with Gasteiger partial charge in [-0.2, -0.15) is 0 Å². The molecule has 2 aromatic carbocycles. The normalized spacial score (nSPS) is 15.2. The minimum atomic E-state index is -0.346. The molecule has 1 aromatic heterocycles. The highest BCUT2D eigenvalue weighted by atomic mass is 16.2. The summed E-state index contributed by atoms with van der Waals surface area (Å²) in [5.41, 5.74) is 3.34. The number of anilines is 1. The molecule has 2 heterocycles. The van der Waals surface area contributed by atoms with E-state index < -0.39 is 0 Å². The number of carbonyl (C=O) groups excluding carboxylic acids is 2. The number of rotatable bonds is 4. The van der Waals surface area contributed by atoms with Crippen LogP contribution in [0.25, 0.3) is 11.8 Å². The van der Waals surface area contributed by atoms with Crippen molar-refractivity contribution in [2.45, 2.75) is 19.4 Å². The molecule has 1 aliphatic heterocycles. The molecule has 0 saturated carbocycles. The van der Waals surface area contributed by atoms with Crippen molar-refractivity contribution in [3.05, 3.63) is 72.2 Å².